The number of aryl methyl sites for hydroxylation is 1. The lowest BCUT2D eigenvalue weighted by Gasteiger charge is -2.34. The number of pyridine rings is 2. The van der Waals surface area contributed by atoms with Gasteiger partial charge in [0.2, 0.25) is 12.7 Å². The number of halogens is 1. The Morgan fingerprint density at radius 2 is 0.973 bits per heavy atom. The third-order valence-corrected chi connectivity index (χ3v) is 28.7. The molecule has 1 unspecified atom stereocenters. The zero-order valence-corrected chi connectivity index (χ0v) is 89.6. The van der Waals surface area contributed by atoms with Crippen molar-refractivity contribution in [2.75, 3.05) is 304 Å². The minimum Gasteiger partial charge on any atom is -0.467 e. The van der Waals surface area contributed by atoms with E-state index >= 15 is 0 Å². The molecule has 28 nitrogen and oxygen atoms in total. The Bertz CT molecular complexity index is 5720. The quantitative estimate of drug-likeness (QED) is 0.0627. The Kier molecular flexibility index (Phi) is 45.7. The molecule has 1 N–H and O–H groups in total. The van der Waals surface area contributed by atoms with Crippen LogP contribution in [-0.2, 0) is 37.4 Å². The van der Waals surface area contributed by atoms with Gasteiger partial charge in [0.1, 0.15) is 16.8 Å². The maximum absolute atomic E-state index is 10.8. The standard InChI is InChI=1S/C15H18N2.C13H18N2O2.C13H20N2.C13H9NO2.C12H16N2S.C11H15ClN2.C11H15N3O2.C11H16N2.C10H15N3.C7H14N2O.H2/c1-13-5-7-14(8-6-13)11-17(2)12-15-4-3-9-16-10-15;1-14-4-6-15(7-5-14)9-11-2-3-12-13(8-11)17-10-16-12;1-14-9-11-15(12-10-14)8-7-13-5-3-2-4-6-13;1-2-4-11-8(3-1)9-5-6-10-13(12(9)16-11)15-7-14-10;1-14(10-12-13-7-8-15-12)9-11-5-3-2-4-6-11;1-13-6-8-14(9-7-13)11-5-3-2-4-10(11)12;1-12-6-8-13(9-7-12)10-2-4-11(5-3-10)14(15)16;1-12-7-9-13(10-8-12)11-5-3-2-4-6-11;1-12-6-8-13(9-7-12)10-4-2-3-5-11-10;1-7(10)9-5-3-8(2)4-6-9;/h3-10H,11-12H2,1-2H3;2-3,8H,4-7,9-10H2,1H3;2-6H,7-12H2,1H3;1-6,14H,7H2;2-7,12H,8-10H2,1H3;2-5H,6-9H2,1H3;2-5H,6-9H2,1H3;2-6H,7-10H2,1H3;2-5H,6-9H2,1H3;3-6H2,1-2H3;1H. The molecule has 0 aliphatic carbocycles. The highest BCUT2D eigenvalue weighted by molar-refractivity contribution is 8.00. The van der Waals surface area contributed by atoms with Gasteiger partial charge in [0.05, 0.1) is 21.3 Å². The van der Waals surface area contributed by atoms with Crippen molar-refractivity contribution in [2.45, 2.75) is 51.8 Å². The van der Waals surface area contributed by atoms with E-state index in [1.54, 1.807) is 19.1 Å². The third-order valence-electron chi connectivity index (χ3n) is 27.4. The first-order valence-electron chi connectivity index (χ1n) is 51.7. The average molecular weight is 2030 g/mol. The lowest BCUT2D eigenvalue weighted by molar-refractivity contribution is -0.384. The normalized spacial score (nSPS) is 17.7. The van der Waals surface area contributed by atoms with Gasteiger partial charge in [0.15, 0.2) is 29.6 Å². The van der Waals surface area contributed by atoms with Gasteiger partial charge in [0.25, 0.3) is 5.69 Å². The molecule has 0 spiro atoms. The average Bonchev–Trinajstić information content (AvgIpc) is 1.61. The van der Waals surface area contributed by atoms with Crippen molar-refractivity contribution in [1.82, 2.24) is 68.8 Å². The number of nitro groups is 1. The van der Waals surface area contributed by atoms with Crippen molar-refractivity contribution in [1.29, 1.82) is 0 Å². The number of aliphatic imine (C=N–C) groups is 1. The number of nitrogens with zero attached hydrogens (tertiary/aromatic N) is 20. The number of rotatable bonds is 18. The Morgan fingerprint density at radius 3 is 1.54 bits per heavy atom. The number of carbonyl (C=O) groups excluding carboxylic acids is 1. The van der Waals surface area contributed by atoms with E-state index < -0.39 is 0 Å². The van der Waals surface area contributed by atoms with Crippen LogP contribution in [0.15, 0.2) is 277 Å². The lowest BCUT2D eigenvalue weighted by Crippen LogP contribution is -2.46. The number of ether oxygens (including phenoxy) is 3. The fourth-order valence-electron chi connectivity index (χ4n) is 18.1. The van der Waals surface area contributed by atoms with Crippen molar-refractivity contribution in [3.8, 4) is 17.2 Å². The number of furan rings is 1. The molecule has 7 saturated heterocycles. The lowest BCUT2D eigenvalue weighted by atomic mass is 10.1. The number of likely N-dealkylation sites (N-methyl/N-ethyl adjacent to an activating group) is 8. The van der Waals surface area contributed by atoms with Gasteiger partial charge in [-0.15, -0.1) is 11.8 Å². The van der Waals surface area contributed by atoms with E-state index in [-0.39, 0.29) is 17.9 Å². The van der Waals surface area contributed by atoms with Crippen molar-refractivity contribution in [3.05, 3.63) is 316 Å². The molecule has 782 valence electrons. The van der Waals surface area contributed by atoms with Gasteiger partial charge >= 0.3 is 0 Å². The summed E-state index contributed by atoms with van der Waals surface area (Å²) >= 11 is 8.06. The van der Waals surface area contributed by atoms with Gasteiger partial charge in [-0.1, -0.05) is 169 Å². The van der Waals surface area contributed by atoms with Gasteiger partial charge in [-0.3, -0.25) is 39.6 Å². The van der Waals surface area contributed by atoms with Crippen LogP contribution in [0.1, 0.15) is 41.7 Å². The molecule has 0 bridgehead atoms. The van der Waals surface area contributed by atoms with E-state index in [4.69, 9.17) is 30.2 Å². The molecular formula is C116H158ClN21O7S. The molecule has 7 fully saturated rings. The second-order valence-corrected chi connectivity index (χ2v) is 40.7. The second-order valence-electron chi connectivity index (χ2n) is 39.1. The van der Waals surface area contributed by atoms with Gasteiger partial charge in [0, 0.05) is 296 Å². The van der Waals surface area contributed by atoms with Gasteiger partial charge in [-0.25, -0.2) is 4.98 Å². The van der Waals surface area contributed by atoms with Crippen LogP contribution in [0.4, 0.5) is 34.3 Å². The van der Waals surface area contributed by atoms with Crippen molar-refractivity contribution >= 4 is 91.7 Å². The molecule has 10 aliphatic rings. The largest absolute Gasteiger partial charge is 0.467 e. The highest BCUT2D eigenvalue weighted by Crippen LogP contribution is 2.42. The first kappa shape index (κ1) is 111. The Morgan fingerprint density at radius 1 is 0.473 bits per heavy atom. The molecule has 146 heavy (non-hydrogen) atoms. The van der Waals surface area contributed by atoms with Gasteiger partial charge in [-0.2, -0.15) is 0 Å². The number of nitrogens with one attached hydrogen (secondary N) is 1. The number of hydrogen-bond acceptors (Lipinski definition) is 27. The van der Waals surface area contributed by atoms with E-state index in [1.165, 1.54) is 97.0 Å². The van der Waals surface area contributed by atoms with Crippen molar-refractivity contribution < 1.29 is 29.8 Å². The molecule has 0 radical (unpaired) electrons. The molecule has 10 aliphatic heterocycles. The number of piperazine rings is 7. The Balaban J connectivity index is 0.000000145. The van der Waals surface area contributed by atoms with Crippen LogP contribution in [0.25, 0.3) is 21.9 Å². The maximum Gasteiger partial charge on any atom is 0.269 e. The molecule has 9 aromatic carbocycles. The SMILES string of the molecule is CC(=O)N1CCN(C)CC1.CN(Cc1ccccc1)CC1N=CCS1.CN1CCN(CCc2ccccc2)CC1.CN1CCN(Cc2ccc3c(c2)OCO3)CC1.CN1CCN(c2ccc([N+](=O)[O-])cc2)CC1.CN1CCN(c2ccccc2)CC1.CN1CCN(c2ccccc2Cl)CC1.CN1CCN(c2ccccn2)CC1.Cc1ccc(CN(C)Cc2cccnc2)cc1.[HH].c1ccc2c(c1)oc1c3c(ccc12)NCO3. The predicted molar refractivity (Wildman–Crippen MR) is 606 cm³/mol. The summed E-state index contributed by atoms with van der Waals surface area (Å²) in [6.45, 7) is 41.6. The highest BCUT2D eigenvalue weighted by atomic mass is 35.5. The number of carbonyl (C=O) groups is 1. The number of anilines is 5. The highest BCUT2D eigenvalue weighted by Gasteiger charge is 2.25. The number of hydrogen-bond donors (Lipinski definition) is 1. The minimum atomic E-state index is -0.367. The smallest absolute Gasteiger partial charge is 0.269 e. The molecule has 30 heteroatoms. The van der Waals surface area contributed by atoms with Crippen molar-refractivity contribution in [3.63, 3.8) is 0 Å². The minimum absolute atomic E-state index is 0. The molecule has 1 amide bonds. The summed E-state index contributed by atoms with van der Waals surface area (Å²) in [5.74, 6) is 4.96. The number of thioether (sulfide) groups is 1. The molecule has 22 rings (SSSR count). The fourth-order valence-corrected chi connectivity index (χ4v) is 19.3. The fraction of sp³-hybridized carbons (Fsp3) is 0.431. The summed E-state index contributed by atoms with van der Waals surface area (Å²) < 4.78 is 22.1. The van der Waals surface area contributed by atoms with Crippen LogP contribution < -0.4 is 39.1 Å². The van der Waals surface area contributed by atoms with Crippen LogP contribution in [0.5, 0.6) is 17.2 Å². The zero-order chi connectivity index (χ0) is 103. The number of non-ortho nitro benzene ring substituents is 1. The van der Waals surface area contributed by atoms with Crippen LogP contribution >= 0.6 is 23.4 Å². The van der Waals surface area contributed by atoms with Crippen LogP contribution in [-0.4, -0.2) is 370 Å². The second kappa shape index (κ2) is 59.9. The van der Waals surface area contributed by atoms with E-state index in [1.807, 2.05) is 120 Å². The number of amides is 1. The molecular weight excluding hydrogens is 1870 g/mol. The predicted octanol–water partition coefficient (Wildman–Crippen LogP) is 17.0. The molecule has 1 atom stereocenters. The van der Waals surface area contributed by atoms with Crippen molar-refractivity contribution in [2.24, 2.45) is 4.99 Å². The molecule has 0 saturated carbocycles. The number of para-hydroxylation sites is 3. The van der Waals surface area contributed by atoms with E-state index in [9.17, 15) is 14.9 Å². The van der Waals surface area contributed by atoms with Crippen LogP contribution in [0.2, 0.25) is 5.02 Å². The van der Waals surface area contributed by atoms with E-state index in [0.29, 0.717) is 18.9 Å². The summed E-state index contributed by atoms with van der Waals surface area (Å²) in [5, 5.41) is 17.2. The molecule has 13 heterocycles. The third kappa shape index (κ3) is 37.6. The Hall–Kier alpha value is -11.8. The first-order chi connectivity index (χ1) is 71.0. The topological polar surface area (TPSA) is 203 Å². The summed E-state index contributed by atoms with van der Waals surface area (Å²) in [7, 11) is 19.4. The molecule has 12 aromatic rings. The Labute approximate surface area is 878 Å². The number of fused-ring (bicyclic) bond motifs is 6. The molecule has 3 aromatic heterocycles. The van der Waals surface area contributed by atoms with Gasteiger partial charge in [-0.05, 0) is 190 Å². The summed E-state index contributed by atoms with van der Waals surface area (Å²) in [5.41, 5.74) is 14.5. The van der Waals surface area contributed by atoms with E-state index in [2.05, 4.69) is 322 Å². The summed E-state index contributed by atoms with van der Waals surface area (Å²) in [6, 6.07) is 84.1. The number of aromatic nitrogens is 2. The maximum atomic E-state index is 10.8. The number of nitro benzene ring substituents is 1. The first-order valence-corrected chi connectivity index (χ1v) is 53.1. The van der Waals surface area contributed by atoms with Crippen LogP contribution in [0, 0.1) is 17.0 Å². The van der Waals surface area contributed by atoms with E-state index in [0.717, 1.165) is 244 Å². The monoisotopic (exact) mass is 2020 g/mol. The number of benzene rings is 9. The summed E-state index contributed by atoms with van der Waals surface area (Å²) in [4.78, 5) is 71.1. The zero-order valence-electron chi connectivity index (χ0n) is 88.0. The van der Waals surface area contributed by atoms with Gasteiger partial charge < -0.3 is 87.6 Å². The van der Waals surface area contributed by atoms with Crippen LogP contribution in [0.3, 0.4) is 0 Å². The summed E-state index contributed by atoms with van der Waals surface area (Å²) in [6.07, 6.45) is 8.79.